The largest absolute Gasteiger partial charge is 0.480 e. The number of rotatable bonds is 3. The second-order valence-corrected chi connectivity index (χ2v) is 4.13. The Morgan fingerprint density at radius 2 is 2.20 bits per heavy atom. The summed E-state index contributed by atoms with van der Waals surface area (Å²) in [5, 5.41) is 8.55. The van der Waals surface area contributed by atoms with Gasteiger partial charge in [0.25, 0.3) is 0 Å². The van der Waals surface area contributed by atoms with Gasteiger partial charge in [-0.2, -0.15) is 0 Å². The maximum absolute atomic E-state index is 13.1. The lowest BCUT2D eigenvalue weighted by Crippen LogP contribution is -2.32. The van der Waals surface area contributed by atoms with Crippen molar-refractivity contribution in [3.8, 4) is 0 Å². The molecule has 1 aromatic carbocycles. The summed E-state index contributed by atoms with van der Waals surface area (Å²) in [5.41, 5.74) is 5.64. The molecule has 15 heavy (non-hydrogen) atoms. The second-order valence-electron chi connectivity index (χ2n) is 2.88. The third-order valence-corrected chi connectivity index (χ3v) is 2.44. The van der Waals surface area contributed by atoms with Crippen molar-refractivity contribution in [2.45, 2.75) is 12.5 Å². The number of carboxylic acid groups (broad SMARTS) is 1. The second kappa shape index (κ2) is 6.24. The lowest BCUT2D eigenvalue weighted by atomic mass is 10.1. The Morgan fingerprint density at radius 1 is 1.60 bits per heavy atom. The predicted molar refractivity (Wildman–Crippen MR) is 65.7 cm³/mol. The highest BCUT2D eigenvalue weighted by Crippen LogP contribution is 2.13. The van der Waals surface area contributed by atoms with E-state index in [-0.39, 0.29) is 18.8 Å². The van der Waals surface area contributed by atoms with Gasteiger partial charge >= 0.3 is 5.97 Å². The molecule has 0 spiro atoms. The summed E-state index contributed by atoms with van der Waals surface area (Å²) in [6.45, 7) is 0. The van der Waals surface area contributed by atoms with Crippen LogP contribution in [-0.4, -0.2) is 17.1 Å². The maximum atomic E-state index is 13.1. The topological polar surface area (TPSA) is 63.3 Å². The number of halogens is 3. The van der Waals surface area contributed by atoms with E-state index >= 15 is 0 Å². The first-order valence-corrected chi connectivity index (χ1v) is 5.01. The Hall–Kier alpha value is -0.400. The van der Waals surface area contributed by atoms with Crippen LogP contribution in [0, 0.1) is 9.39 Å². The Labute approximate surface area is 106 Å². The van der Waals surface area contributed by atoms with Gasteiger partial charge in [0, 0.05) is 9.99 Å². The number of hydrogen-bond acceptors (Lipinski definition) is 2. The molecule has 1 aromatic rings. The molecule has 0 unspecified atom stereocenters. The number of nitrogens with two attached hydrogens (primary N) is 1. The average molecular weight is 346 g/mol. The van der Waals surface area contributed by atoms with Crippen LogP contribution in [0.15, 0.2) is 18.2 Å². The smallest absolute Gasteiger partial charge is 0.320 e. The number of aliphatic carboxylic acids is 1. The molecule has 0 saturated heterocycles. The first kappa shape index (κ1) is 14.6. The van der Waals surface area contributed by atoms with Crippen LogP contribution in [0.4, 0.5) is 4.39 Å². The Kier molecular flexibility index (Phi) is 6.07. The molecular weight excluding hydrogens is 335 g/mol. The van der Waals surface area contributed by atoms with Gasteiger partial charge < -0.3 is 10.8 Å². The van der Waals surface area contributed by atoms with E-state index in [0.717, 1.165) is 3.57 Å². The minimum atomic E-state index is -1.12. The molecule has 0 saturated carbocycles. The van der Waals surface area contributed by atoms with E-state index in [9.17, 15) is 9.18 Å². The fourth-order valence-electron chi connectivity index (χ4n) is 1.02. The molecular formula is C9H10ClFINO2. The summed E-state index contributed by atoms with van der Waals surface area (Å²) in [6, 6.07) is 3.47. The van der Waals surface area contributed by atoms with E-state index in [1.54, 1.807) is 12.1 Å². The minimum absolute atomic E-state index is 0. The van der Waals surface area contributed by atoms with Crippen LogP contribution in [0.1, 0.15) is 5.56 Å². The average Bonchev–Trinajstić information content (AvgIpc) is 2.11. The normalized spacial score (nSPS) is 11.7. The zero-order valence-electron chi connectivity index (χ0n) is 7.61. The summed E-state index contributed by atoms with van der Waals surface area (Å²) in [7, 11) is 0. The van der Waals surface area contributed by atoms with Crippen molar-refractivity contribution in [2.75, 3.05) is 0 Å². The van der Waals surface area contributed by atoms with Crippen LogP contribution in [0.2, 0.25) is 0 Å². The van der Waals surface area contributed by atoms with E-state index in [2.05, 4.69) is 0 Å². The molecule has 0 amide bonds. The number of hydrogen-bond donors (Lipinski definition) is 2. The van der Waals surface area contributed by atoms with E-state index < -0.39 is 17.8 Å². The molecule has 1 rings (SSSR count). The summed E-state index contributed by atoms with van der Waals surface area (Å²) in [4.78, 5) is 10.5. The van der Waals surface area contributed by atoms with Gasteiger partial charge in [0.2, 0.25) is 0 Å². The quantitative estimate of drug-likeness (QED) is 0.821. The molecule has 1 atom stereocenters. The van der Waals surface area contributed by atoms with Gasteiger partial charge in [-0.1, -0.05) is 0 Å². The van der Waals surface area contributed by atoms with Gasteiger partial charge in [0.1, 0.15) is 11.9 Å². The molecule has 84 valence electrons. The van der Waals surface area contributed by atoms with E-state index in [0.29, 0.717) is 5.56 Å². The van der Waals surface area contributed by atoms with Crippen molar-refractivity contribution < 1.29 is 14.3 Å². The zero-order valence-corrected chi connectivity index (χ0v) is 10.6. The third kappa shape index (κ3) is 4.31. The summed E-state index contributed by atoms with van der Waals surface area (Å²) in [5.74, 6) is -1.54. The summed E-state index contributed by atoms with van der Waals surface area (Å²) >= 11 is 2.03. The molecule has 0 aliphatic carbocycles. The number of carboxylic acids is 1. The fourth-order valence-corrected chi connectivity index (χ4v) is 1.58. The molecule has 0 fully saturated rings. The lowest BCUT2D eigenvalue weighted by molar-refractivity contribution is -0.138. The molecule has 3 N–H and O–H groups in total. The molecule has 0 aliphatic rings. The Morgan fingerprint density at radius 3 is 2.73 bits per heavy atom. The van der Waals surface area contributed by atoms with Crippen LogP contribution < -0.4 is 5.73 Å². The van der Waals surface area contributed by atoms with Crippen LogP contribution in [-0.2, 0) is 11.2 Å². The van der Waals surface area contributed by atoms with Crippen molar-refractivity contribution in [1.29, 1.82) is 0 Å². The standard InChI is InChI=1S/C9H9FINO2.ClH/c10-7-2-1-6(11)3-5(7)4-8(12)9(13)14;/h1-3,8H,4,12H2,(H,13,14);1H/t8-;/m0./s1. The highest BCUT2D eigenvalue weighted by Gasteiger charge is 2.14. The number of benzene rings is 1. The molecule has 0 aromatic heterocycles. The van der Waals surface area contributed by atoms with Crippen molar-refractivity contribution in [1.82, 2.24) is 0 Å². The van der Waals surface area contributed by atoms with E-state index in [1.807, 2.05) is 22.6 Å². The summed E-state index contributed by atoms with van der Waals surface area (Å²) < 4.78 is 14.0. The zero-order chi connectivity index (χ0) is 10.7. The molecule has 0 heterocycles. The highest BCUT2D eigenvalue weighted by molar-refractivity contribution is 14.1. The molecule has 3 nitrogen and oxygen atoms in total. The van der Waals surface area contributed by atoms with Gasteiger partial charge in [0.05, 0.1) is 0 Å². The monoisotopic (exact) mass is 345 g/mol. The fraction of sp³-hybridized carbons (Fsp3) is 0.222. The van der Waals surface area contributed by atoms with Gasteiger partial charge in [-0.15, -0.1) is 12.4 Å². The summed E-state index contributed by atoms with van der Waals surface area (Å²) in [6.07, 6.45) is 0.0119. The van der Waals surface area contributed by atoms with Crippen LogP contribution >= 0.6 is 35.0 Å². The van der Waals surface area contributed by atoms with Crippen molar-refractivity contribution in [2.24, 2.45) is 5.73 Å². The first-order valence-electron chi connectivity index (χ1n) is 3.93. The SMILES string of the molecule is Cl.N[C@@H](Cc1cc(I)ccc1F)C(=O)O. The van der Waals surface area contributed by atoms with Gasteiger partial charge in [-0.25, -0.2) is 4.39 Å². The Bertz CT molecular complexity index is 362. The van der Waals surface area contributed by atoms with E-state index in [4.69, 9.17) is 10.8 Å². The Balaban J connectivity index is 0.00000196. The van der Waals surface area contributed by atoms with Crippen molar-refractivity contribution in [3.63, 3.8) is 0 Å². The van der Waals surface area contributed by atoms with Gasteiger partial charge in [-0.3, -0.25) is 4.79 Å². The van der Waals surface area contributed by atoms with Crippen LogP contribution in [0.3, 0.4) is 0 Å². The van der Waals surface area contributed by atoms with Crippen molar-refractivity contribution in [3.05, 3.63) is 33.1 Å². The van der Waals surface area contributed by atoms with Crippen LogP contribution in [0.25, 0.3) is 0 Å². The molecule has 6 heteroatoms. The molecule has 0 radical (unpaired) electrons. The first-order chi connectivity index (χ1) is 6.50. The highest BCUT2D eigenvalue weighted by atomic mass is 127. The van der Waals surface area contributed by atoms with Crippen molar-refractivity contribution >= 4 is 41.0 Å². The molecule has 0 aliphatic heterocycles. The molecule has 0 bridgehead atoms. The van der Waals surface area contributed by atoms with Gasteiger partial charge in [0.15, 0.2) is 0 Å². The van der Waals surface area contributed by atoms with Gasteiger partial charge in [-0.05, 0) is 46.4 Å². The number of carbonyl (C=O) groups is 1. The lowest BCUT2D eigenvalue weighted by Gasteiger charge is -2.07. The maximum Gasteiger partial charge on any atom is 0.320 e. The third-order valence-electron chi connectivity index (χ3n) is 1.76. The predicted octanol–water partition coefficient (Wildman–Crippen LogP) is 1.81. The van der Waals surface area contributed by atoms with Crippen LogP contribution in [0.5, 0.6) is 0 Å². The van der Waals surface area contributed by atoms with E-state index in [1.165, 1.54) is 6.07 Å². The minimum Gasteiger partial charge on any atom is -0.480 e.